The lowest BCUT2D eigenvalue weighted by molar-refractivity contribution is 0.262. The summed E-state index contributed by atoms with van der Waals surface area (Å²) in [5.74, 6) is 0.283. The van der Waals surface area contributed by atoms with Crippen LogP contribution in [0.3, 0.4) is 0 Å². The zero-order chi connectivity index (χ0) is 23.0. The molecule has 4 aromatic heterocycles. The van der Waals surface area contributed by atoms with Gasteiger partial charge in [-0.1, -0.05) is 23.2 Å². The van der Waals surface area contributed by atoms with Gasteiger partial charge in [-0.3, -0.25) is 4.31 Å². The van der Waals surface area contributed by atoms with Gasteiger partial charge >= 0.3 is 6.03 Å². The summed E-state index contributed by atoms with van der Waals surface area (Å²) in [4.78, 5) is 22.1. The molecule has 0 fully saturated rings. The first kappa shape index (κ1) is 21.7. The fraction of sp³-hybridized carbons (Fsp3) is 0.125. The van der Waals surface area contributed by atoms with Crippen LogP contribution in [0, 0.1) is 0 Å². The Kier molecular flexibility index (Phi) is 5.58. The van der Waals surface area contributed by atoms with Gasteiger partial charge in [0.05, 0.1) is 53.6 Å². The van der Waals surface area contributed by atoms with E-state index in [4.69, 9.17) is 23.2 Å². The predicted molar refractivity (Wildman–Crippen MR) is 118 cm³/mol. The first-order chi connectivity index (χ1) is 15.1. The molecule has 4 heterocycles. The smallest absolute Gasteiger partial charge is 0.306 e. The molecule has 0 saturated carbocycles. The molecule has 13 nitrogen and oxygen atoms in total. The molecule has 0 saturated heterocycles. The topological polar surface area (TPSA) is 152 Å². The van der Waals surface area contributed by atoms with Crippen LogP contribution in [0.2, 0.25) is 10.2 Å². The van der Waals surface area contributed by atoms with Crippen molar-refractivity contribution < 1.29 is 13.2 Å². The molecule has 0 aromatic carbocycles. The number of hydrogen-bond donors (Lipinski definition) is 2. The number of fused-ring (bicyclic) bond motifs is 1. The van der Waals surface area contributed by atoms with Crippen LogP contribution in [0.15, 0.2) is 37.1 Å². The maximum Gasteiger partial charge on any atom is 0.323 e. The number of pyridine rings is 1. The molecule has 32 heavy (non-hydrogen) atoms. The van der Waals surface area contributed by atoms with Crippen molar-refractivity contribution in [3.63, 3.8) is 0 Å². The van der Waals surface area contributed by atoms with Crippen LogP contribution in [-0.4, -0.2) is 62.3 Å². The third-order valence-corrected chi connectivity index (χ3v) is 5.82. The van der Waals surface area contributed by atoms with Gasteiger partial charge in [0.2, 0.25) is 10.0 Å². The predicted octanol–water partition coefficient (Wildman–Crippen LogP) is 2.05. The van der Waals surface area contributed by atoms with Crippen LogP contribution in [0.4, 0.5) is 21.9 Å². The number of nitrogens with one attached hydrogen (secondary N) is 2. The van der Waals surface area contributed by atoms with Gasteiger partial charge in [-0.15, -0.1) is 4.80 Å². The van der Waals surface area contributed by atoms with Crippen LogP contribution < -0.4 is 14.9 Å². The molecular weight excluding hydrogens is 483 g/mol. The quantitative estimate of drug-likeness (QED) is 0.425. The van der Waals surface area contributed by atoms with E-state index in [1.807, 2.05) is 0 Å². The molecule has 0 atom stereocenters. The molecule has 0 aliphatic carbocycles. The highest BCUT2D eigenvalue weighted by atomic mass is 35.5. The Morgan fingerprint density at radius 2 is 1.84 bits per heavy atom. The van der Waals surface area contributed by atoms with Gasteiger partial charge in [-0.05, 0) is 6.07 Å². The first-order valence-electron chi connectivity index (χ1n) is 8.71. The number of hydrogen-bond acceptors (Lipinski definition) is 8. The number of imidazole rings is 1. The second kappa shape index (κ2) is 8.22. The van der Waals surface area contributed by atoms with E-state index in [9.17, 15) is 13.2 Å². The highest BCUT2D eigenvalue weighted by Crippen LogP contribution is 2.31. The first-order valence-corrected chi connectivity index (χ1v) is 11.3. The fourth-order valence-corrected chi connectivity index (χ4v) is 3.64. The average molecular weight is 497 g/mol. The van der Waals surface area contributed by atoms with Gasteiger partial charge in [0.25, 0.3) is 0 Å². The van der Waals surface area contributed by atoms with Crippen LogP contribution >= 0.6 is 23.2 Å². The van der Waals surface area contributed by atoms with Crippen LogP contribution in [-0.2, 0) is 10.0 Å². The van der Waals surface area contributed by atoms with Crippen molar-refractivity contribution in [3.05, 3.63) is 47.2 Å². The lowest BCUT2D eigenvalue weighted by atomic mass is 10.3. The van der Waals surface area contributed by atoms with E-state index < -0.39 is 16.1 Å². The number of nitrogens with zero attached hydrogens (tertiary/aromatic N) is 8. The number of anilines is 3. The summed E-state index contributed by atoms with van der Waals surface area (Å²) in [6, 6.07) is 0.770. The van der Waals surface area contributed by atoms with Gasteiger partial charge in [0, 0.05) is 7.05 Å². The van der Waals surface area contributed by atoms with E-state index in [-0.39, 0.29) is 38.7 Å². The van der Waals surface area contributed by atoms with Gasteiger partial charge in [-0.25, -0.2) is 27.7 Å². The molecule has 0 bridgehead atoms. The van der Waals surface area contributed by atoms with Gasteiger partial charge in [0.1, 0.15) is 10.8 Å². The van der Waals surface area contributed by atoms with Crippen molar-refractivity contribution in [2.45, 2.75) is 0 Å². The minimum atomic E-state index is -3.69. The molecule has 0 aliphatic heterocycles. The number of aromatic nitrogens is 7. The maximum atomic E-state index is 12.6. The lowest BCUT2D eigenvalue weighted by Crippen LogP contribution is -2.28. The summed E-state index contributed by atoms with van der Waals surface area (Å²) in [6.07, 6.45) is 8.01. The Balaban J connectivity index is 1.62. The molecule has 166 valence electrons. The second-order valence-electron chi connectivity index (χ2n) is 6.40. The molecule has 0 spiro atoms. The highest BCUT2D eigenvalue weighted by Gasteiger charge is 2.23. The molecule has 16 heteroatoms. The number of urea groups is 1. The van der Waals surface area contributed by atoms with Crippen molar-refractivity contribution in [3.8, 4) is 5.82 Å². The summed E-state index contributed by atoms with van der Waals surface area (Å²) in [5.41, 5.74) is 0.586. The summed E-state index contributed by atoms with van der Waals surface area (Å²) in [6.45, 7) is 0. The van der Waals surface area contributed by atoms with Crippen molar-refractivity contribution in [2.75, 3.05) is 28.2 Å². The largest absolute Gasteiger partial charge is 0.323 e. The molecule has 0 aliphatic rings. The van der Waals surface area contributed by atoms with Gasteiger partial charge in [-0.2, -0.15) is 15.3 Å². The average Bonchev–Trinajstić information content (AvgIpc) is 3.35. The normalized spacial score (nSPS) is 11.5. The third-order valence-electron chi connectivity index (χ3n) is 4.19. The Labute approximate surface area is 191 Å². The molecule has 2 amide bonds. The zero-order valence-corrected chi connectivity index (χ0v) is 18.8. The van der Waals surface area contributed by atoms with Crippen LogP contribution in [0.1, 0.15) is 0 Å². The summed E-state index contributed by atoms with van der Waals surface area (Å²) >= 11 is 12.1. The number of carbonyl (C=O) groups is 1. The second-order valence-corrected chi connectivity index (χ2v) is 9.20. The Bertz CT molecular complexity index is 1420. The third kappa shape index (κ3) is 4.28. The van der Waals surface area contributed by atoms with Crippen LogP contribution in [0.25, 0.3) is 11.5 Å². The Hall–Kier alpha value is -3.49. The number of carbonyl (C=O) groups excluding carboxylic acids is 1. The monoisotopic (exact) mass is 496 g/mol. The molecule has 0 radical (unpaired) electrons. The van der Waals surface area contributed by atoms with Crippen molar-refractivity contribution >= 4 is 62.0 Å². The molecular formula is C16H14Cl2N10O3S. The van der Waals surface area contributed by atoms with E-state index in [0.29, 0.717) is 0 Å². The number of rotatable bonds is 5. The lowest BCUT2D eigenvalue weighted by Gasteiger charge is -2.20. The van der Waals surface area contributed by atoms with E-state index in [0.717, 1.165) is 10.6 Å². The fourth-order valence-electron chi connectivity index (χ4n) is 2.72. The van der Waals surface area contributed by atoms with E-state index >= 15 is 0 Å². The molecule has 2 N–H and O–H groups in total. The Morgan fingerprint density at radius 3 is 2.50 bits per heavy atom. The summed E-state index contributed by atoms with van der Waals surface area (Å²) < 4.78 is 26.6. The van der Waals surface area contributed by atoms with E-state index in [1.165, 1.54) is 53.4 Å². The Morgan fingerprint density at radius 1 is 1.12 bits per heavy atom. The molecule has 0 unspecified atom stereocenters. The standard InChI is InChI=1S/C16H14Cl2N10O3S/c1-26(32(2,30)31)13-11(7-22-27-8-12(18)25-15(13)27)24-16(29)23-9-5-10(17)14(19-6-9)28-20-3-4-21-28/h3-8H,1-2H3,(H2,23,24,29). The molecule has 4 rings (SSSR count). The highest BCUT2D eigenvalue weighted by molar-refractivity contribution is 7.92. The molecule has 4 aromatic rings. The van der Waals surface area contributed by atoms with Crippen LogP contribution in [0.5, 0.6) is 0 Å². The SMILES string of the molecule is CN(c1c(NC(=O)Nc2cnc(-n3nccn3)c(Cl)c2)cnn2cc(Cl)nc12)S(C)(=O)=O. The zero-order valence-electron chi connectivity index (χ0n) is 16.4. The summed E-state index contributed by atoms with van der Waals surface area (Å²) in [5, 5.41) is 17.4. The maximum absolute atomic E-state index is 12.6. The number of halogens is 2. The number of sulfonamides is 1. The van der Waals surface area contributed by atoms with Crippen molar-refractivity contribution in [1.29, 1.82) is 0 Å². The van der Waals surface area contributed by atoms with Crippen molar-refractivity contribution in [2.24, 2.45) is 0 Å². The van der Waals surface area contributed by atoms with Crippen molar-refractivity contribution in [1.82, 2.24) is 34.6 Å². The van der Waals surface area contributed by atoms with Gasteiger partial charge < -0.3 is 10.6 Å². The minimum absolute atomic E-state index is 0.0841. The van der Waals surface area contributed by atoms with Gasteiger partial charge in [0.15, 0.2) is 11.5 Å². The minimum Gasteiger partial charge on any atom is -0.306 e. The number of amides is 2. The van der Waals surface area contributed by atoms with E-state index in [1.54, 1.807) is 0 Å². The summed E-state index contributed by atoms with van der Waals surface area (Å²) in [7, 11) is -2.37. The van der Waals surface area contributed by atoms with E-state index in [2.05, 4.69) is 35.9 Å².